The molecular weight excluding hydrogens is 409 g/mol. The highest BCUT2D eigenvalue weighted by molar-refractivity contribution is 6.36. The topological polar surface area (TPSA) is 95.2 Å². The lowest BCUT2D eigenvalue weighted by Crippen LogP contribution is -2.25. The Kier molecular flexibility index (Phi) is 7.53. The maximum Gasteiger partial charge on any atom is 0.346 e. The predicted molar refractivity (Wildman–Crippen MR) is 105 cm³/mol. The van der Waals surface area contributed by atoms with Crippen LogP contribution in [-0.4, -0.2) is 40.4 Å². The second kappa shape index (κ2) is 9.66. The molecular formula is C18H21Cl2N3O5. The summed E-state index contributed by atoms with van der Waals surface area (Å²) in [5, 5.41) is 16.9. The average Bonchev–Trinajstić information content (AvgIpc) is 2.93. The quantitative estimate of drug-likeness (QED) is 0.292. The summed E-state index contributed by atoms with van der Waals surface area (Å²) in [6, 6.07) is 2.91. The van der Waals surface area contributed by atoms with Gasteiger partial charge in [-0.3, -0.25) is 0 Å². The van der Waals surface area contributed by atoms with Crippen molar-refractivity contribution < 1.29 is 24.2 Å². The van der Waals surface area contributed by atoms with E-state index in [0.29, 0.717) is 17.9 Å². The number of esters is 1. The van der Waals surface area contributed by atoms with E-state index in [-0.39, 0.29) is 21.5 Å². The number of carbonyl (C=O) groups excluding carboxylic acids is 1. The number of rotatable bonds is 8. The fourth-order valence-corrected chi connectivity index (χ4v) is 2.96. The predicted octanol–water partition coefficient (Wildman–Crippen LogP) is 4.22. The van der Waals surface area contributed by atoms with Crippen molar-refractivity contribution in [3.8, 4) is 17.4 Å². The van der Waals surface area contributed by atoms with Gasteiger partial charge >= 0.3 is 5.97 Å². The maximum atomic E-state index is 11.6. The summed E-state index contributed by atoms with van der Waals surface area (Å²) < 4.78 is 17.6. The Balaban J connectivity index is 2.41. The average molecular weight is 430 g/mol. The zero-order valence-corrected chi connectivity index (χ0v) is 17.4. The number of hydrogen-bond donors (Lipinski definition) is 1. The molecule has 0 fully saturated rings. The van der Waals surface area contributed by atoms with Gasteiger partial charge in [0.15, 0.2) is 11.9 Å². The van der Waals surface area contributed by atoms with Gasteiger partial charge in [0.25, 0.3) is 0 Å². The first-order valence-corrected chi connectivity index (χ1v) is 9.22. The number of nitrogens with zero attached hydrogens (tertiary/aromatic N) is 3. The van der Waals surface area contributed by atoms with Gasteiger partial charge in [-0.2, -0.15) is 5.10 Å². The van der Waals surface area contributed by atoms with Crippen molar-refractivity contribution in [3.05, 3.63) is 33.4 Å². The van der Waals surface area contributed by atoms with Crippen LogP contribution in [0.15, 0.2) is 17.3 Å². The number of oxime groups is 1. The summed E-state index contributed by atoms with van der Waals surface area (Å²) in [5.41, 5.74) is 1.25. The van der Waals surface area contributed by atoms with Crippen LogP contribution in [0, 0.1) is 0 Å². The SMILES string of the molecule is CCCc1nn(C)c(Oc2cc(O[C@@H](C)C(=O)OC)c(Cl)cc2Cl)c1/C=N/O. The van der Waals surface area contributed by atoms with E-state index in [0.717, 1.165) is 12.1 Å². The van der Waals surface area contributed by atoms with Crippen molar-refractivity contribution in [1.82, 2.24) is 9.78 Å². The largest absolute Gasteiger partial charge is 0.477 e. The Morgan fingerprint density at radius 2 is 2.04 bits per heavy atom. The van der Waals surface area contributed by atoms with Gasteiger partial charge in [0.05, 0.1) is 34.6 Å². The van der Waals surface area contributed by atoms with E-state index < -0.39 is 12.1 Å². The van der Waals surface area contributed by atoms with Gasteiger partial charge in [-0.15, -0.1) is 0 Å². The number of carbonyl (C=O) groups is 1. The molecule has 1 heterocycles. The number of halogens is 2. The van der Waals surface area contributed by atoms with Gasteiger partial charge in [0.2, 0.25) is 5.88 Å². The Bertz CT molecular complexity index is 883. The van der Waals surface area contributed by atoms with Gasteiger partial charge < -0.3 is 19.4 Å². The lowest BCUT2D eigenvalue weighted by molar-refractivity contribution is -0.147. The molecule has 0 saturated carbocycles. The Morgan fingerprint density at radius 3 is 2.64 bits per heavy atom. The van der Waals surface area contributed by atoms with Crippen molar-refractivity contribution >= 4 is 35.4 Å². The van der Waals surface area contributed by atoms with Crippen LogP contribution in [0.5, 0.6) is 17.4 Å². The van der Waals surface area contributed by atoms with Crippen LogP contribution in [0.1, 0.15) is 31.5 Å². The van der Waals surface area contributed by atoms with Gasteiger partial charge in [-0.1, -0.05) is 41.7 Å². The minimum absolute atomic E-state index is 0.201. The summed E-state index contributed by atoms with van der Waals surface area (Å²) in [4.78, 5) is 11.6. The lowest BCUT2D eigenvalue weighted by atomic mass is 10.2. The van der Waals surface area contributed by atoms with E-state index in [4.69, 9.17) is 37.9 Å². The molecule has 1 aromatic heterocycles. The van der Waals surface area contributed by atoms with E-state index in [1.54, 1.807) is 7.05 Å². The molecule has 1 atom stereocenters. The Morgan fingerprint density at radius 1 is 1.36 bits per heavy atom. The highest BCUT2D eigenvalue weighted by atomic mass is 35.5. The molecule has 0 amide bonds. The molecule has 0 radical (unpaired) electrons. The minimum Gasteiger partial charge on any atom is -0.477 e. The number of aryl methyl sites for hydroxylation is 2. The lowest BCUT2D eigenvalue weighted by Gasteiger charge is -2.16. The van der Waals surface area contributed by atoms with Crippen LogP contribution >= 0.6 is 23.2 Å². The molecule has 0 aliphatic heterocycles. The third-order valence-electron chi connectivity index (χ3n) is 3.81. The van der Waals surface area contributed by atoms with Crippen LogP contribution in [-0.2, 0) is 23.0 Å². The van der Waals surface area contributed by atoms with E-state index in [9.17, 15) is 4.79 Å². The van der Waals surface area contributed by atoms with Crippen molar-refractivity contribution in [2.75, 3.05) is 7.11 Å². The third-order valence-corrected chi connectivity index (χ3v) is 4.40. The van der Waals surface area contributed by atoms with Crippen molar-refractivity contribution in [1.29, 1.82) is 0 Å². The van der Waals surface area contributed by atoms with Gasteiger partial charge in [-0.25, -0.2) is 9.48 Å². The van der Waals surface area contributed by atoms with Gasteiger partial charge in [-0.05, 0) is 19.4 Å². The molecule has 2 rings (SSSR count). The first-order valence-electron chi connectivity index (χ1n) is 8.47. The number of ether oxygens (including phenoxy) is 3. The molecule has 2 aromatic rings. The zero-order chi connectivity index (χ0) is 20.8. The summed E-state index contributed by atoms with van der Waals surface area (Å²) in [6.07, 6.45) is 1.92. The summed E-state index contributed by atoms with van der Waals surface area (Å²) in [5.74, 6) is 0.215. The summed E-state index contributed by atoms with van der Waals surface area (Å²) in [6.45, 7) is 3.54. The van der Waals surface area contributed by atoms with E-state index in [2.05, 4.69) is 15.0 Å². The third kappa shape index (κ3) is 4.88. The standard InChI is InChI=1S/C18H21Cl2N3O5/c1-5-6-14-11(9-21-25)17(23(3)22-14)28-16-8-15(12(19)7-13(16)20)27-10(2)18(24)26-4/h7-10,25H,5-6H2,1-4H3/b21-9+/t10-/m0/s1. The molecule has 0 saturated heterocycles. The Labute approximate surface area is 172 Å². The molecule has 10 heteroatoms. The fraction of sp³-hybridized carbons (Fsp3) is 0.389. The molecule has 28 heavy (non-hydrogen) atoms. The molecule has 152 valence electrons. The van der Waals surface area contributed by atoms with Gasteiger partial charge in [0.1, 0.15) is 5.75 Å². The highest BCUT2D eigenvalue weighted by Crippen LogP contribution is 2.39. The molecule has 0 unspecified atom stereocenters. The van der Waals surface area contributed by atoms with Crippen LogP contribution in [0.4, 0.5) is 0 Å². The Hall–Kier alpha value is -2.45. The van der Waals surface area contributed by atoms with Crippen molar-refractivity contribution in [3.63, 3.8) is 0 Å². The number of aromatic nitrogens is 2. The van der Waals surface area contributed by atoms with E-state index >= 15 is 0 Å². The molecule has 1 aromatic carbocycles. The smallest absolute Gasteiger partial charge is 0.346 e. The number of benzene rings is 1. The molecule has 0 aliphatic carbocycles. The number of methoxy groups -OCH3 is 1. The molecule has 0 aliphatic rings. The summed E-state index contributed by atoms with van der Waals surface area (Å²) >= 11 is 12.4. The first-order chi connectivity index (χ1) is 13.3. The van der Waals surface area contributed by atoms with Crippen LogP contribution in [0.2, 0.25) is 10.0 Å². The first kappa shape index (κ1) is 21.8. The zero-order valence-electron chi connectivity index (χ0n) is 15.9. The molecule has 8 nitrogen and oxygen atoms in total. The molecule has 0 spiro atoms. The molecule has 1 N–H and O–H groups in total. The van der Waals surface area contributed by atoms with Gasteiger partial charge in [0, 0.05) is 13.1 Å². The normalized spacial score (nSPS) is 12.2. The van der Waals surface area contributed by atoms with Crippen LogP contribution < -0.4 is 9.47 Å². The van der Waals surface area contributed by atoms with E-state index in [1.807, 2.05) is 6.92 Å². The molecule has 0 bridgehead atoms. The van der Waals surface area contributed by atoms with E-state index in [1.165, 1.54) is 37.1 Å². The monoisotopic (exact) mass is 429 g/mol. The van der Waals surface area contributed by atoms with Crippen LogP contribution in [0.3, 0.4) is 0 Å². The van der Waals surface area contributed by atoms with Crippen molar-refractivity contribution in [2.45, 2.75) is 32.8 Å². The minimum atomic E-state index is -0.874. The highest BCUT2D eigenvalue weighted by Gasteiger charge is 2.21. The fourth-order valence-electron chi connectivity index (χ4n) is 2.50. The second-order valence-corrected chi connectivity index (χ2v) is 6.70. The summed E-state index contributed by atoms with van der Waals surface area (Å²) in [7, 11) is 2.96. The second-order valence-electron chi connectivity index (χ2n) is 5.88. The van der Waals surface area contributed by atoms with Crippen molar-refractivity contribution in [2.24, 2.45) is 12.2 Å². The van der Waals surface area contributed by atoms with Crippen LogP contribution in [0.25, 0.3) is 0 Å². The maximum absolute atomic E-state index is 11.6. The number of hydrogen-bond acceptors (Lipinski definition) is 7.